The minimum absolute atomic E-state index is 0.0266. The Morgan fingerprint density at radius 1 is 1.60 bits per heavy atom. The molecular formula is C14H20N4O2. The Balaban J connectivity index is 1.88. The van der Waals surface area contributed by atoms with Crippen LogP contribution in [0.15, 0.2) is 29.0 Å². The number of nitrogen functional groups attached to an aromatic ring is 1. The highest BCUT2D eigenvalue weighted by molar-refractivity contribution is 5.97. The fourth-order valence-corrected chi connectivity index (χ4v) is 1.95. The van der Waals surface area contributed by atoms with Crippen LogP contribution in [0.1, 0.15) is 36.5 Å². The molecule has 6 heteroatoms. The van der Waals surface area contributed by atoms with Crippen LogP contribution in [0.25, 0.3) is 0 Å². The number of aryl methyl sites for hydroxylation is 2. The number of carbonyl (C=O) groups is 1. The fourth-order valence-electron chi connectivity index (χ4n) is 1.95. The molecule has 0 aliphatic rings. The summed E-state index contributed by atoms with van der Waals surface area (Å²) in [6.45, 7) is 4.58. The van der Waals surface area contributed by atoms with Gasteiger partial charge in [0, 0.05) is 25.2 Å². The van der Waals surface area contributed by atoms with Crippen molar-refractivity contribution in [3.63, 3.8) is 0 Å². The van der Waals surface area contributed by atoms with Crippen molar-refractivity contribution in [2.45, 2.75) is 39.3 Å². The lowest BCUT2D eigenvalue weighted by molar-refractivity contribution is 0.0933. The van der Waals surface area contributed by atoms with Gasteiger partial charge in [-0.3, -0.25) is 9.48 Å². The molecule has 0 fully saturated rings. The number of anilines is 1. The third-order valence-corrected chi connectivity index (χ3v) is 3.11. The van der Waals surface area contributed by atoms with E-state index < -0.39 is 0 Å². The van der Waals surface area contributed by atoms with Gasteiger partial charge in [0.1, 0.15) is 5.76 Å². The van der Waals surface area contributed by atoms with Crippen LogP contribution in [0.2, 0.25) is 0 Å². The van der Waals surface area contributed by atoms with Gasteiger partial charge in [0.2, 0.25) is 0 Å². The van der Waals surface area contributed by atoms with Gasteiger partial charge in [-0.15, -0.1) is 0 Å². The number of nitrogens with zero attached hydrogens (tertiary/aromatic N) is 2. The zero-order valence-corrected chi connectivity index (χ0v) is 11.8. The van der Waals surface area contributed by atoms with E-state index in [-0.39, 0.29) is 17.6 Å². The van der Waals surface area contributed by atoms with Crippen LogP contribution < -0.4 is 11.1 Å². The first-order chi connectivity index (χ1) is 9.60. The molecule has 2 aromatic heterocycles. The van der Waals surface area contributed by atoms with Gasteiger partial charge in [-0.25, -0.2) is 0 Å². The Bertz CT molecular complexity index is 560. The van der Waals surface area contributed by atoms with Gasteiger partial charge in [0.25, 0.3) is 5.91 Å². The SMILES string of the molecule is CCn1cc(N)c(C(=O)NC(C)CCc2ccco2)n1. The topological polar surface area (TPSA) is 86.1 Å². The zero-order valence-electron chi connectivity index (χ0n) is 11.8. The van der Waals surface area contributed by atoms with E-state index in [9.17, 15) is 4.79 Å². The van der Waals surface area contributed by atoms with Crippen molar-refractivity contribution >= 4 is 11.6 Å². The summed E-state index contributed by atoms with van der Waals surface area (Å²) >= 11 is 0. The summed E-state index contributed by atoms with van der Waals surface area (Å²) < 4.78 is 6.91. The summed E-state index contributed by atoms with van der Waals surface area (Å²) in [6.07, 6.45) is 4.90. The minimum Gasteiger partial charge on any atom is -0.469 e. The van der Waals surface area contributed by atoms with E-state index in [4.69, 9.17) is 10.2 Å². The molecule has 2 aromatic rings. The average molecular weight is 276 g/mol. The highest BCUT2D eigenvalue weighted by Crippen LogP contribution is 2.10. The average Bonchev–Trinajstić information content (AvgIpc) is 3.05. The van der Waals surface area contributed by atoms with Crippen molar-refractivity contribution in [3.05, 3.63) is 36.0 Å². The van der Waals surface area contributed by atoms with Gasteiger partial charge in [0.05, 0.1) is 12.0 Å². The summed E-state index contributed by atoms with van der Waals surface area (Å²) in [6, 6.07) is 3.81. The molecule has 1 atom stereocenters. The molecular weight excluding hydrogens is 256 g/mol. The molecule has 0 radical (unpaired) electrons. The lowest BCUT2D eigenvalue weighted by atomic mass is 10.1. The number of rotatable bonds is 6. The Kier molecular flexibility index (Phi) is 4.45. The summed E-state index contributed by atoms with van der Waals surface area (Å²) in [5, 5.41) is 7.05. The Morgan fingerprint density at radius 2 is 2.40 bits per heavy atom. The molecule has 2 rings (SSSR count). The highest BCUT2D eigenvalue weighted by atomic mass is 16.3. The van der Waals surface area contributed by atoms with E-state index in [1.54, 1.807) is 17.1 Å². The zero-order chi connectivity index (χ0) is 14.5. The molecule has 0 saturated carbocycles. The third-order valence-electron chi connectivity index (χ3n) is 3.11. The molecule has 0 bridgehead atoms. The van der Waals surface area contributed by atoms with E-state index in [1.807, 2.05) is 26.0 Å². The molecule has 1 unspecified atom stereocenters. The Morgan fingerprint density at radius 3 is 3.00 bits per heavy atom. The van der Waals surface area contributed by atoms with Gasteiger partial charge in [0.15, 0.2) is 5.69 Å². The number of carbonyl (C=O) groups excluding carboxylic acids is 1. The summed E-state index contributed by atoms with van der Waals surface area (Å²) in [5.74, 6) is 0.683. The van der Waals surface area contributed by atoms with E-state index in [2.05, 4.69) is 10.4 Å². The predicted molar refractivity (Wildman–Crippen MR) is 76.3 cm³/mol. The van der Waals surface area contributed by atoms with Gasteiger partial charge >= 0.3 is 0 Å². The van der Waals surface area contributed by atoms with E-state index in [1.165, 1.54) is 0 Å². The van der Waals surface area contributed by atoms with E-state index in [0.717, 1.165) is 18.6 Å². The Hall–Kier alpha value is -2.24. The second kappa shape index (κ2) is 6.27. The second-order valence-corrected chi connectivity index (χ2v) is 4.78. The molecule has 3 N–H and O–H groups in total. The smallest absolute Gasteiger partial charge is 0.274 e. The van der Waals surface area contributed by atoms with Crippen molar-refractivity contribution in [2.24, 2.45) is 0 Å². The van der Waals surface area contributed by atoms with Crippen LogP contribution in [0.4, 0.5) is 5.69 Å². The van der Waals surface area contributed by atoms with Gasteiger partial charge in [-0.05, 0) is 32.4 Å². The molecule has 1 amide bonds. The first-order valence-electron chi connectivity index (χ1n) is 6.76. The van der Waals surface area contributed by atoms with Crippen molar-refractivity contribution in [1.82, 2.24) is 15.1 Å². The van der Waals surface area contributed by atoms with E-state index >= 15 is 0 Å². The fraction of sp³-hybridized carbons (Fsp3) is 0.429. The minimum atomic E-state index is -0.235. The molecule has 108 valence electrons. The van der Waals surface area contributed by atoms with Crippen molar-refractivity contribution < 1.29 is 9.21 Å². The maximum absolute atomic E-state index is 12.1. The summed E-state index contributed by atoms with van der Waals surface area (Å²) in [4.78, 5) is 12.1. The Labute approximate surface area is 117 Å². The van der Waals surface area contributed by atoms with Gasteiger partial charge < -0.3 is 15.5 Å². The highest BCUT2D eigenvalue weighted by Gasteiger charge is 2.16. The number of hydrogen-bond donors (Lipinski definition) is 2. The molecule has 0 saturated heterocycles. The van der Waals surface area contributed by atoms with Gasteiger partial charge in [-0.1, -0.05) is 0 Å². The lowest BCUT2D eigenvalue weighted by Crippen LogP contribution is -2.33. The number of amides is 1. The number of nitrogens with two attached hydrogens (primary N) is 1. The van der Waals surface area contributed by atoms with Crippen LogP contribution in [0, 0.1) is 0 Å². The second-order valence-electron chi connectivity index (χ2n) is 4.78. The molecule has 0 aromatic carbocycles. The van der Waals surface area contributed by atoms with Crippen molar-refractivity contribution in [2.75, 3.05) is 5.73 Å². The van der Waals surface area contributed by atoms with Gasteiger partial charge in [-0.2, -0.15) is 5.10 Å². The lowest BCUT2D eigenvalue weighted by Gasteiger charge is -2.12. The van der Waals surface area contributed by atoms with Crippen molar-refractivity contribution in [1.29, 1.82) is 0 Å². The largest absolute Gasteiger partial charge is 0.469 e. The molecule has 0 aliphatic heterocycles. The van der Waals surface area contributed by atoms with Crippen molar-refractivity contribution in [3.8, 4) is 0 Å². The number of hydrogen-bond acceptors (Lipinski definition) is 4. The quantitative estimate of drug-likeness (QED) is 0.842. The number of furan rings is 1. The number of nitrogens with one attached hydrogen (secondary N) is 1. The molecule has 0 spiro atoms. The van der Waals surface area contributed by atoms with Crippen LogP contribution in [-0.2, 0) is 13.0 Å². The first kappa shape index (κ1) is 14.2. The number of aromatic nitrogens is 2. The van der Waals surface area contributed by atoms with Crippen LogP contribution in [0.3, 0.4) is 0 Å². The molecule has 2 heterocycles. The van der Waals surface area contributed by atoms with Crippen LogP contribution in [0.5, 0.6) is 0 Å². The standard InChI is InChI=1S/C14H20N4O2/c1-3-18-9-12(15)13(17-18)14(19)16-10(2)6-7-11-5-4-8-20-11/h4-5,8-10H,3,6-7,15H2,1-2H3,(H,16,19). The molecule has 0 aliphatic carbocycles. The predicted octanol–water partition coefficient (Wildman–Crippen LogP) is 1.83. The third kappa shape index (κ3) is 3.40. The maximum Gasteiger partial charge on any atom is 0.274 e. The maximum atomic E-state index is 12.1. The van der Waals surface area contributed by atoms with Crippen LogP contribution in [-0.4, -0.2) is 21.7 Å². The summed E-state index contributed by atoms with van der Waals surface area (Å²) in [7, 11) is 0. The van der Waals surface area contributed by atoms with E-state index in [0.29, 0.717) is 12.2 Å². The monoisotopic (exact) mass is 276 g/mol. The van der Waals surface area contributed by atoms with Crippen LogP contribution >= 0.6 is 0 Å². The normalized spacial score (nSPS) is 12.3. The molecule has 20 heavy (non-hydrogen) atoms. The summed E-state index contributed by atoms with van der Waals surface area (Å²) in [5.41, 5.74) is 6.48. The molecule has 6 nitrogen and oxygen atoms in total. The first-order valence-corrected chi connectivity index (χ1v) is 6.76.